The molecular formula is C30H27N3O4. The summed E-state index contributed by atoms with van der Waals surface area (Å²) in [6.45, 7) is 1.52. The molecule has 186 valence electrons. The second-order valence-corrected chi connectivity index (χ2v) is 9.81. The topological polar surface area (TPSA) is 80.6 Å². The maximum Gasteiger partial charge on any atom is 0.274 e. The molecule has 4 aromatic rings. The van der Waals surface area contributed by atoms with Gasteiger partial charge in [0.05, 0.1) is 0 Å². The third kappa shape index (κ3) is 4.60. The van der Waals surface area contributed by atoms with Crippen LogP contribution in [0.4, 0.5) is 5.69 Å². The summed E-state index contributed by atoms with van der Waals surface area (Å²) in [4.78, 5) is 41.0. The van der Waals surface area contributed by atoms with Crippen LogP contribution in [0.5, 0.6) is 5.75 Å². The van der Waals surface area contributed by atoms with Crippen LogP contribution in [0.3, 0.4) is 0 Å². The van der Waals surface area contributed by atoms with Crippen molar-refractivity contribution >= 4 is 28.3 Å². The Hall–Kier alpha value is -4.39. The quantitative estimate of drug-likeness (QED) is 0.450. The van der Waals surface area contributed by atoms with Crippen molar-refractivity contribution in [3.05, 3.63) is 107 Å². The number of hydrogen-bond donors (Lipinski definition) is 1. The van der Waals surface area contributed by atoms with Gasteiger partial charge in [0.25, 0.3) is 17.4 Å². The first-order chi connectivity index (χ1) is 18.0. The van der Waals surface area contributed by atoms with E-state index >= 15 is 0 Å². The highest BCUT2D eigenvalue weighted by molar-refractivity contribution is 5.98. The maximum absolute atomic E-state index is 13.4. The standard InChI is InChI=1S/C30H27N3O4/c34-28(19-37-25-8-2-1-3-9-25)31-26-12-13-27-24-14-20(17-33(27)30(26)36)16-32(18-24)29(35)23-11-10-21-6-4-5-7-22(21)15-23/h1-13,15,20,24H,14,16-19H2,(H,31,34)/t20-,24+/m0/s1. The number of benzene rings is 3. The highest BCUT2D eigenvalue weighted by Gasteiger charge is 2.37. The number of ether oxygens (including phenoxy) is 1. The van der Waals surface area contributed by atoms with Gasteiger partial charge < -0.3 is 19.5 Å². The van der Waals surface area contributed by atoms with Crippen LogP contribution < -0.4 is 15.6 Å². The third-order valence-corrected chi connectivity index (χ3v) is 7.28. The summed E-state index contributed by atoms with van der Waals surface area (Å²) < 4.78 is 7.26. The number of hydrogen-bond acceptors (Lipinski definition) is 4. The molecule has 1 aromatic heterocycles. The van der Waals surface area contributed by atoms with Crippen molar-refractivity contribution in [3.63, 3.8) is 0 Å². The first-order valence-electron chi connectivity index (χ1n) is 12.5. The van der Waals surface area contributed by atoms with Gasteiger partial charge >= 0.3 is 0 Å². The lowest BCUT2D eigenvalue weighted by Crippen LogP contribution is -2.49. The third-order valence-electron chi connectivity index (χ3n) is 7.28. The zero-order chi connectivity index (χ0) is 25.4. The summed E-state index contributed by atoms with van der Waals surface area (Å²) in [5, 5.41) is 4.85. The smallest absolute Gasteiger partial charge is 0.274 e. The van der Waals surface area contributed by atoms with Crippen molar-refractivity contribution < 1.29 is 14.3 Å². The molecule has 0 unspecified atom stereocenters. The number of pyridine rings is 1. The van der Waals surface area contributed by atoms with Gasteiger partial charge in [-0.25, -0.2) is 0 Å². The van der Waals surface area contributed by atoms with Crippen LogP contribution in [0, 0.1) is 5.92 Å². The molecule has 0 radical (unpaired) electrons. The van der Waals surface area contributed by atoms with Crippen LogP contribution in [0.25, 0.3) is 10.8 Å². The minimum Gasteiger partial charge on any atom is -0.484 e. The van der Waals surface area contributed by atoms with E-state index in [0.29, 0.717) is 30.9 Å². The first-order valence-corrected chi connectivity index (χ1v) is 12.5. The molecule has 3 heterocycles. The number of anilines is 1. The molecule has 1 saturated heterocycles. The zero-order valence-corrected chi connectivity index (χ0v) is 20.3. The molecule has 3 aromatic carbocycles. The SMILES string of the molecule is O=C(COc1ccccc1)Nc1ccc2n(c1=O)C[C@H]1C[C@@H]2CN(C(=O)c2ccc3ccccc3c2)C1. The Bertz CT molecular complexity index is 1550. The highest BCUT2D eigenvalue weighted by Crippen LogP contribution is 2.36. The van der Waals surface area contributed by atoms with Crippen molar-refractivity contribution in [1.82, 2.24) is 9.47 Å². The van der Waals surface area contributed by atoms with E-state index in [9.17, 15) is 14.4 Å². The largest absolute Gasteiger partial charge is 0.484 e. The molecule has 0 saturated carbocycles. The number of nitrogens with zero attached hydrogens (tertiary/aromatic N) is 2. The Labute approximate surface area is 214 Å². The van der Waals surface area contributed by atoms with Crippen molar-refractivity contribution in [2.75, 3.05) is 25.0 Å². The summed E-state index contributed by atoms with van der Waals surface area (Å²) in [6, 6.07) is 26.5. The monoisotopic (exact) mass is 493 g/mol. The Morgan fingerprint density at radius 2 is 1.65 bits per heavy atom. The summed E-state index contributed by atoms with van der Waals surface area (Å²) >= 11 is 0. The number of aromatic nitrogens is 1. The summed E-state index contributed by atoms with van der Waals surface area (Å²) in [6.07, 6.45) is 0.942. The van der Waals surface area contributed by atoms with Gasteiger partial charge in [-0.2, -0.15) is 0 Å². The van der Waals surface area contributed by atoms with E-state index in [1.807, 2.05) is 71.6 Å². The molecule has 2 aliphatic rings. The van der Waals surface area contributed by atoms with E-state index in [2.05, 4.69) is 5.32 Å². The zero-order valence-electron chi connectivity index (χ0n) is 20.3. The molecule has 0 spiro atoms. The minimum atomic E-state index is -0.385. The normalized spacial score (nSPS) is 18.2. The van der Waals surface area contributed by atoms with Crippen LogP contribution in [0.1, 0.15) is 28.4 Å². The number of likely N-dealkylation sites (tertiary alicyclic amines) is 1. The fourth-order valence-corrected chi connectivity index (χ4v) is 5.56. The Morgan fingerprint density at radius 1 is 0.865 bits per heavy atom. The Morgan fingerprint density at radius 3 is 2.49 bits per heavy atom. The lowest BCUT2D eigenvalue weighted by atomic mass is 9.83. The number of carbonyl (C=O) groups is 2. The van der Waals surface area contributed by atoms with Crippen LogP contribution in [0.15, 0.2) is 89.7 Å². The van der Waals surface area contributed by atoms with E-state index < -0.39 is 0 Å². The van der Waals surface area contributed by atoms with Crippen LogP contribution >= 0.6 is 0 Å². The van der Waals surface area contributed by atoms with Crippen LogP contribution in [0.2, 0.25) is 0 Å². The van der Waals surface area contributed by atoms with Crippen molar-refractivity contribution in [2.45, 2.75) is 18.9 Å². The molecule has 7 heteroatoms. The molecular weight excluding hydrogens is 466 g/mol. The fraction of sp³-hybridized carbons (Fsp3) is 0.233. The van der Waals surface area contributed by atoms with E-state index in [0.717, 1.165) is 22.9 Å². The van der Waals surface area contributed by atoms with Gasteiger partial charge in [0, 0.05) is 36.8 Å². The maximum atomic E-state index is 13.4. The summed E-state index contributed by atoms with van der Waals surface area (Å²) in [5.74, 6) is 0.495. The lowest BCUT2D eigenvalue weighted by Gasteiger charge is -2.43. The van der Waals surface area contributed by atoms with E-state index in [1.165, 1.54) is 0 Å². The second-order valence-electron chi connectivity index (χ2n) is 9.81. The first kappa shape index (κ1) is 23.0. The predicted molar refractivity (Wildman–Crippen MR) is 142 cm³/mol. The number of carbonyl (C=O) groups excluding carboxylic acids is 2. The predicted octanol–water partition coefficient (Wildman–Crippen LogP) is 4.28. The molecule has 37 heavy (non-hydrogen) atoms. The number of nitrogens with one attached hydrogen (secondary N) is 1. The molecule has 2 atom stereocenters. The Balaban J connectivity index is 1.17. The van der Waals surface area contributed by atoms with Crippen molar-refractivity contribution in [1.29, 1.82) is 0 Å². The lowest BCUT2D eigenvalue weighted by molar-refractivity contribution is -0.118. The van der Waals surface area contributed by atoms with Gasteiger partial charge in [-0.3, -0.25) is 14.4 Å². The van der Waals surface area contributed by atoms with Crippen LogP contribution in [-0.2, 0) is 11.3 Å². The van der Waals surface area contributed by atoms with Gasteiger partial charge in [0.1, 0.15) is 11.4 Å². The van der Waals surface area contributed by atoms with Crippen molar-refractivity contribution in [2.24, 2.45) is 5.92 Å². The van der Waals surface area contributed by atoms with Crippen molar-refractivity contribution in [3.8, 4) is 5.75 Å². The van der Waals surface area contributed by atoms with Gasteiger partial charge in [-0.15, -0.1) is 0 Å². The number of amides is 2. The summed E-state index contributed by atoms with van der Waals surface area (Å²) in [7, 11) is 0. The second kappa shape index (κ2) is 9.58. The average Bonchev–Trinajstić information content (AvgIpc) is 2.93. The molecule has 1 N–H and O–H groups in total. The fourth-order valence-electron chi connectivity index (χ4n) is 5.56. The molecule has 7 nitrogen and oxygen atoms in total. The van der Waals surface area contributed by atoms with E-state index in [1.54, 1.807) is 22.8 Å². The number of fused-ring (bicyclic) bond motifs is 5. The molecule has 2 aliphatic heterocycles. The molecule has 0 aliphatic carbocycles. The molecule has 1 fully saturated rings. The molecule has 6 rings (SSSR count). The summed E-state index contributed by atoms with van der Waals surface area (Å²) in [5.41, 5.74) is 1.63. The number of rotatable bonds is 5. The molecule has 2 bridgehead atoms. The van der Waals surface area contributed by atoms with Gasteiger partial charge in [0.2, 0.25) is 0 Å². The Kier molecular flexibility index (Phi) is 5.96. The van der Waals surface area contributed by atoms with Gasteiger partial charge in [-0.05, 0) is 59.5 Å². The minimum absolute atomic E-state index is 0.0264. The van der Waals surface area contributed by atoms with Crippen LogP contribution in [-0.4, -0.2) is 41.0 Å². The average molecular weight is 494 g/mol. The van der Waals surface area contributed by atoms with E-state index in [-0.39, 0.29) is 41.5 Å². The number of piperidine rings is 1. The van der Waals surface area contributed by atoms with E-state index in [4.69, 9.17) is 4.74 Å². The number of para-hydroxylation sites is 1. The van der Waals surface area contributed by atoms with Gasteiger partial charge in [-0.1, -0.05) is 48.5 Å². The van der Waals surface area contributed by atoms with Gasteiger partial charge in [0.15, 0.2) is 6.61 Å². The highest BCUT2D eigenvalue weighted by atomic mass is 16.5. The molecule has 2 amide bonds.